The van der Waals surface area contributed by atoms with Crippen LogP contribution in [0.5, 0.6) is 0 Å². The van der Waals surface area contributed by atoms with Crippen LogP contribution in [-0.4, -0.2) is 56.8 Å². The van der Waals surface area contributed by atoms with Crippen molar-refractivity contribution in [3.8, 4) is 5.69 Å². The Labute approximate surface area is 116 Å². The summed E-state index contributed by atoms with van der Waals surface area (Å²) in [6.07, 6.45) is 1.54. The second-order valence-electron chi connectivity index (χ2n) is 4.70. The molecule has 1 aromatic carbocycles. The van der Waals surface area contributed by atoms with Crippen molar-refractivity contribution in [3.05, 3.63) is 36.2 Å². The second kappa shape index (κ2) is 5.38. The molecule has 20 heavy (non-hydrogen) atoms. The van der Waals surface area contributed by atoms with Crippen LogP contribution in [0, 0.1) is 0 Å². The lowest BCUT2D eigenvalue weighted by atomic mass is 10.1. The van der Waals surface area contributed by atoms with E-state index in [4.69, 9.17) is 4.74 Å². The molecule has 1 aliphatic heterocycles. The van der Waals surface area contributed by atoms with E-state index in [1.165, 1.54) is 11.0 Å². The first-order valence-corrected chi connectivity index (χ1v) is 6.49. The lowest BCUT2D eigenvalue weighted by Gasteiger charge is -2.31. The average Bonchev–Trinajstić information content (AvgIpc) is 3.00. The number of hydrogen-bond acceptors (Lipinski definition) is 5. The number of carbonyl (C=O) groups excluding carboxylic acids is 1. The number of nitrogens with zero attached hydrogens (tertiary/aromatic N) is 5. The number of carbonyl (C=O) groups is 1. The fourth-order valence-electron chi connectivity index (χ4n) is 2.30. The molecular formula is C13H15N5O2. The minimum absolute atomic E-state index is 0.0220. The number of ether oxygens (including phenoxy) is 1. The number of para-hydroxylation sites is 1. The maximum absolute atomic E-state index is 12.6. The number of amides is 1. The molecule has 0 unspecified atom stereocenters. The van der Waals surface area contributed by atoms with Crippen molar-refractivity contribution in [2.24, 2.45) is 0 Å². The molecular weight excluding hydrogens is 258 g/mol. The summed E-state index contributed by atoms with van der Waals surface area (Å²) in [4.78, 5) is 14.5. The molecule has 1 fully saturated rings. The summed E-state index contributed by atoms with van der Waals surface area (Å²) >= 11 is 0. The predicted molar refractivity (Wildman–Crippen MR) is 70.5 cm³/mol. The fourth-order valence-corrected chi connectivity index (χ4v) is 2.30. The van der Waals surface area contributed by atoms with Gasteiger partial charge in [0.05, 0.1) is 24.0 Å². The van der Waals surface area contributed by atoms with Gasteiger partial charge in [0.1, 0.15) is 6.33 Å². The molecule has 0 aliphatic carbocycles. The monoisotopic (exact) mass is 273 g/mol. The molecule has 0 bridgehead atoms. The predicted octanol–water partition coefficient (Wildman–Crippen LogP) is 0.523. The summed E-state index contributed by atoms with van der Waals surface area (Å²) in [6, 6.07) is 7.31. The van der Waals surface area contributed by atoms with Crippen LogP contribution >= 0.6 is 0 Å². The zero-order valence-corrected chi connectivity index (χ0v) is 11.1. The Hall–Kier alpha value is -2.28. The Bertz CT molecular complexity index is 599. The Morgan fingerprint density at radius 2 is 2.25 bits per heavy atom. The van der Waals surface area contributed by atoms with Crippen LogP contribution in [0.15, 0.2) is 30.6 Å². The third-order valence-corrected chi connectivity index (χ3v) is 3.26. The lowest BCUT2D eigenvalue weighted by molar-refractivity contribution is -0.0124. The van der Waals surface area contributed by atoms with Crippen molar-refractivity contribution >= 4 is 5.91 Å². The van der Waals surface area contributed by atoms with E-state index in [1.54, 1.807) is 11.0 Å². The van der Waals surface area contributed by atoms with Crippen LogP contribution in [0.1, 0.15) is 17.3 Å². The highest BCUT2D eigenvalue weighted by Crippen LogP contribution is 2.17. The van der Waals surface area contributed by atoms with Crippen LogP contribution in [0.2, 0.25) is 0 Å². The topological polar surface area (TPSA) is 73.1 Å². The zero-order chi connectivity index (χ0) is 13.9. The first-order valence-electron chi connectivity index (χ1n) is 6.49. The molecule has 1 aliphatic rings. The molecule has 0 saturated carbocycles. The van der Waals surface area contributed by atoms with E-state index in [1.807, 2.05) is 25.1 Å². The molecule has 1 amide bonds. The van der Waals surface area contributed by atoms with Gasteiger partial charge in [-0.25, -0.2) is 0 Å². The van der Waals surface area contributed by atoms with E-state index < -0.39 is 0 Å². The van der Waals surface area contributed by atoms with Gasteiger partial charge in [0.2, 0.25) is 0 Å². The number of morpholine rings is 1. The van der Waals surface area contributed by atoms with Crippen molar-refractivity contribution in [2.75, 3.05) is 19.7 Å². The van der Waals surface area contributed by atoms with Crippen LogP contribution < -0.4 is 0 Å². The Kier molecular flexibility index (Phi) is 3.42. The van der Waals surface area contributed by atoms with E-state index in [9.17, 15) is 4.79 Å². The Balaban J connectivity index is 1.92. The van der Waals surface area contributed by atoms with E-state index in [0.29, 0.717) is 30.9 Å². The molecule has 7 nitrogen and oxygen atoms in total. The van der Waals surface area contributed by atoms with Gasteiger partial charge >= 0.3 is 0 Å². The largest absolute Gasteiger partial charge is 0.375 e. The van der Waals surface area contributed by atoms with Crippen molar-refractivity contribution in [1.82, 2.24) is 25.1 Å². The summed E-state index contributed by atoms with van der Waals surface area (Å²) < 4.78 is 6.96. The van der Waals surface area contributed by atoms with Gasteiger partial charge in [-0.05, 0) is 29.5 Å². The summed E-state index contributed by atoms with van der Waals surface area (Å²) in [5.41, 5.74) is 1.27. The standard InChI is InChI=1S/C13H15N5O2/c1-10-8-17(6-7-20-10)13(19)11-4-2-3-5-12(11)18-9-14-15-16-18/h2-5,9-10H,6-8H2,1H3/t10-/m1/s1. The number of hydrogen-bond donors (Lipinski definition) is 0. The zero-order valence-electron chi connectivity index (χ0n) is 11.1. The second-order valence-corrected chi connectivity index (χ2v) is 4.70. The number of tetrazole rings is 1. The molecule has 3 rings (SSSR count). The van der Waals surface area contributed by atoms with Crippen LogP contribution in [0.3, 0.4) is 0 Å². The molecule has 1 saturated heterocycles. The van der Waals surface area contributed by atoms with Gasteiger partial charge < -0.3 is 9.64 Å². The van der Waals surface area contributed by atoms with Gasteiger partial charge in [0.25, 0.3) is 5.91 Å². The molecule has 1 aromatic heterocycles. The highest BCUT2D eigenvalue weighted by Gasteiger charge is 2.24. The summed E-state index contributed by atoms with van der Waals surface area (Å²) in [5.74, 6) is -0.0220. The third-order valence-electron chi connectivity index (χ3n) is 3.26. The molecule has 2 aromatic rings. The van der Waals surface area contributed by atoms with Gasteiger partial charge in [-0.1, -0.05) is 12.1 Å². The quantitative estimate of drug-likeness (QED) is 0.797. The molecule has 0 spiro atoms. The van der Waals surface area contributed by atoms with Gasteiger partial charge in [-0.15, -0.1) is 5.10 Å². The molecule has 0 N–H and O–H groups in total. The highest BCUT2D eigenvalue weighted by molar-refractivity contribution is 5.97. The molecule has 7 heteroatoms. The first-order chi connectivity index (χ1) is 9.75. The first kappa shape index (κ1) is 12.7. The van der Waals surface area contributed by atoms with E-state index in [2.05, 4.69) is 15.5 Å². The Morgan fingerprint density at radius 3 is 3.00 bits per heavy atom. The van der Waals surface area contributed by atoms with Gasteiger partial charge in [-0.2, -0.15) is 4.68 Å². The lowest BCUT2D eigenvalue weighted by Crippen LogP contribution is -2.44. The normalized spacial score (nSPS) is 19.1. The molecule has 0 radical (unpaired) electrons. The van der Waals surface area contributed by atoms with Crippen molar-refractivity contribution in [2.45, 2.75) is 13.0 Å². The number of benzene rings is 1. The SMILES string of the molecule is C[C@@H]1CN(C(=O)c2ccccc2-n2cnnn2)CCO1. The van der Waals surface area contributed by atoms with E-state index in [0.717, 1.165) is 0 Å². The molecule has 1 atom stereocenters. The van der Waals surface area contributed by atoms with Gasteiger partial charge in [-0.3, -0.25) is 4.79 Å². The number of aromatic nitrogens is 4. The summed E-state index contributed by atoms with van der Waals surface area (Å²) in [6.45, 7) is 3.74. The number of rotatable bonds is 2. The van der Waals surface area contributed by atoms with Crippen LogP contribution in [-0.2, 0) is 4.74 Å². The minimum atomic E-state index is -0.0220. The van der Waals surface area contributed by atoms with Crippen LogP contribution in [0.25, 0.3) is 5.69 Å². The van der Waals surface area contributed by atoms with E-state index in [-0.39, 0.29) is 12.0 Å². The molecule has 2 heterocycles. The molecule has 104 valence electrons. The smallest absolute Gasteiger partial charge is 0.256 e. The minimum Gasteiger partial charge on any atom is -0.375 e. The maximum atomic E-state index is 12.6. The summed E-state index contributed by atoms with van der Waals surface area (Å²) in [7, 11) is 0. The van der Waals surface area contributed by atoms with Crippen molar-refractivity contribution < 1.29 is 9.53 Å². The van der Waals surface area contributed by atoms with E-state index >= 15 is 0 Å². The Morgan fingerprint density at radius 1 is 1.40 bits per heavy atom. The average molecular weight is 273 g/mol. The highest BCUT2D eigenvalue weighted by atomic mass is 16.5. The fraction of sp³-hybridized carbons (Fsp3) is 0.385. The van der Waals surface area contributed by atoms with Crippen LogP contribution in [0.4, 0.5) is 0 Å². The maximum Gasteiger partial charge on any atom is 0.256 e. The summed E-state index contributed by atoms with van der Waals surface area (Å²) in [5, 5.41) is 11.1. The third kappa shape index (κ3) is 2.39. The van der Waals surface area contributed by atoms with Gasteiger partial charge in [0.15, 0.2) is 0 Å². The van der Waals surface area contributed by atoms with Crippen molar-refractivity contribution in [3.63, 3.8) is 0 Å². The van der Waals surface area contributed by atoms with Crippen molar-refractivity contribution in [1.29, 1.82) is 0 Å². The van der Waals surface area contributed by atoms with Gasteiger partial charge in [0, 0.05) is 13.1 Å².